The van der Waals surface area contributed by atoms with Crippen molar-refractivity contribution in [2.75, 3.05) is 11.9 Å². The molecule has 1 aromatic carbocycles. The van der Waals surface area contributed by atoms with Crippen molar-refractivity contribution in [2.24, 2.45) is 0 Å². The number of benzene rings is 1. The molecule has 5 heteroatoms. The first kappa shape index (κ1) is 17.9. The summed E-state index contributed by atoms with van der Waals surface area (Å²) in [6.45, 7) is 9.14. The zero-order valence-electron chi connectivity index (χ0n) is 14.9. The third-order valence-corrected chi connectivity index (χ3v) is 3.90. The minimum absolute atomic E-state index is 0.164. The Morgan fingerprint density at radius 3 is 2.75 bits per heavy atom. The molecule has 0 aliphatic heterocycles. The van der Waals surface area contributed by atoms with E-state index < -0.39 is 0 Å². The standard InChI is InChI=1S/C19H26N4O/c1-5-6-10-20-19(24)16-11-17(22-12-21-16)23-18-14(4)8-7-9-15(18)13(2)3/h7-9,11-13H,5-6,10H2,1-4H3,(H,20,24)(H,21,22,23). The van der Waals surface area contributed by atoms with Crippen LogP contribution in [0.2, 0.25) is 0 Å². The van der Waals surface area contributed by atoms with Gasteiger partial charge in [0.2, 0.25) is 0 Å². The Labute approximate surface area is 143 Å². The lowest BCUT2D eigenvalue weighted by atomic mass is 9.98. The highest BCUT2D eigenvalue weighted by Gasteiger charge is 2.12. The predicted octanol–water partition coefficient (Wildman–Crippen LogP) is 4.18. The number of para-hydroxylation sites is 1. The van der Waals surface area contributed by atoms with Crippen molar-refractivity contribution in [2.45, 2.75) is 46.5 Å². The van der Waals surface area contributed by atoms with Gasteiger partial charge >= 0.3 is 0 Å². The molecule has 2 N–H and O–H groups in total. The van der Waals surface area contributed by atoms with Crippen LogP contribution in [0.3, 0.4) is 0 Å². The fourth-order valence-corrected chi connectivity index (χ4v) is 2.49. The van der Waals surface area contributed by atoms with Gasteiger partial charge in [0, 0.05) is 18.3 Å². The molecule has 0 aliphatic rings. The lowest BCUT2D eigenvalue weighted by molar-refractivity contribution is 0.0948. The molecule has 1 amide bonds. The van der Waals surface area contributed by atoms with Gasteiger partial charge in [-0.2, -0.15) is 0 Å². The summed E-state index contributed by atoms with van der Waals surface area (Å²) in [4.78, 5) is 20.5. The first-order chi connectivity index (χ1) is 11.5. The third kappa shape index (κ3) is 4.54. The lowest BCUT2D eigenvalue weighted by Crippen LogP contribution is -2.25. The maximum absolute atomic E-state index is 12.1. The van der Waals surface area contributed by atoms with Crippen LogP contribution < -0.4 is 10.6 Å². The number of anilines is 2. The van der Waals surface area contributed by atoms with Crippen LogP contribution >= 0.6 is 0 Å². The number of rotatable bonds is 7. The van der Waals surface area contributed by atoms with E-state index in [4.69, 9.17) is 0 Å². The Morgan fingerprint density at radius 2 is 2.04 bits per heavy atom. The molecule has 24 heavy (non-hydrogen) atoms. The van der Waals surface area contributed by atoms with Crippen molar-refractivity contribution in [3.8, 4) is 0 Å². The van der Waals surface area contributed by atoms with Crippen molar-refractivity contribution in [1.82, 2.24) is 15.3 Å². The fraction of sp³-hybridized carbons (Fsp3) is 0.421. The Morgan fingerprint density at radius 1 is 1.25 bits per heavy atom. The highest BCUT2D eigenvalue weighted by atomic mass is 16.1. The second kappa shape index (κ2) is 8.43. The number of nitrogens with one attached hydrogen (secondary N) is 2. The van der Waals surface area contributed by atoms with E-state index in [2.05, 4.69) is 66.5 Å². The molecule has 0 radical (unpaired) electrons. The van der Waals surface area contributed by atoms with Gasteiger partial charge in [-0.1, -0.05) is 45.4 Å². The minimum atomic E-state index is -0.164. The maximum atomic E-state index is 12.1. The van der Waals surface area contributed by atoms with Crippen molar-refractivity contribution >= 4 is 17.4 Å². The first-order valence-corrected chi connectivity index (χ1v) is 8.49. The second-order valence-electron chi connectivity index (χ2n) is 6.22. The highest BCUT2D eigenvalue weighted by molar-refractivity contribution is 5.93. The normalized spacial score (nSPS) is 10.7. The number of aromatic nitrogens is 2. The molecule has 5 nitrogen and oxygen atoms in total. The lowest BCUT2D eigenvalue weighted by Gasteiger charge is -2.17. The van der Waals surface area contributed by atoms with E-state index >= 15 is 0 Å². The van der Waals surface area contributed by atoms with Crippen molar-refractivity contribution in [3.63, 3.8) is 0 Å². The molecule has 0 spiro atoms. The van der Waals surface area contributed by atoms with Crippen molar-refractivity contribution in [1.29, 1.82) is 0 Å². The first-order valence-electron chi connectivity index (χ1n) is 8.49. The number of carbonyl (C=O) groups excluding carboxylic acids is 1. The van der Waals surface area contributed by atoms with E-state index in [0.717, 1.165) is 24.1 Å². The average molecular weight is 326 g/mol. The van der Waals surface area contributed by atoms with E-state index in [1.54, 1.807) is 6.07 Å². The molecule has 0 saturated carbocycles. The smallest absolute Gasteiger partial charge is 0.270 e. The summed E-state index contributed by atoms with van der Waals surface area (Å²) in [6, 6.07) is 7.92. The monoisotopic (exact) mass is 326 g/mol. The fourth-order valence-electron chi connectivity index (χ4n) is 2.49. The maximum Gasteiger partial charge on any atom is 0.270 e. The molecule has 0 aliphatic carbocycles. The molecule has 2 aromatic rings. The van der Waals surface area contributed by atoms with Crippen LogP contribution in [-0.4, -0.2) is 22.4 Å². The Kier molecular flexibility index (Phi) is 6.29. The van der Waals surface area contributed by atoms with Crippen LogP contribution in [0.5, 0.6) is 0 Å². The van der Waals surface area contributed by atoms with E-state index in [1.165, 1.54) is 11.9 Å². The number of aryl methyl sites for hydroxylation is 1. The Bertz CT molecular complexity index is 698. The van der Waals surface area contributed by atoms with E-state index in [0.29, 0.717) is 24.0 Å². The van der Waals surface area contributed by atoms with Gasteiger partial charge in [-0.25, -0.2) is 9.97 Å². The number of nitrogens with zero attached hydrogens (tertiary/aromatic N) is 2. The molecular weight excluding hydrogens is 300 g/mol. The van der Waals surface area contributed by atoms with E-state index in [1.807, 2.05) is 0 Å². The molecule has 0 fully saturated rings. The van der Waals surface area contributed by atoms with Crippen LogP contribution in [-0.2, 0) is 0 Å². The Balaban J connectivity index is 2.20. The topological polar surface area (TPSA) is 66.9 Å². The quantitative estimate of drug-likeness (QED) is 0.749. The largest absolute Gasteiger partial charge is 0.351 e. The molecule has 0 bridgehead atoms. The number of unbranched alkanes of at least 4 members (excludes halogenated alkanes) is 1. The van der Waals surface area contributed by atoms with E-state index in [9.17, 15) is 4.79 Å². The number of hydrogen-bond donors (Lipinski definition) is 2. The van der Waals surface area contributed by atoms with Crippen LogP contribution in [0, 0.1) is 6.92 Å². The summed E-state index contributed by atoms with van der Waals surface area (Å²) in [6.07, 6.45) is 3.43. The van der Waals surface area contributed by atoms with Gasteiger partial charge in [0.05, 0.1) is 0 Å². The highest BCUT2D eigenvalue weighted by Crippen LogP contribution is 2.29. The Hall–Kier alpha value is -2.43. The molecule has 0 unspecified atom stereocenters. The summed E-state index contributed by atoms with van der Waals surface area (Å²) in [5.74, 6) is 0.857. The third-order valence-electron chi connectivity index (χ3n) is 3.90. The summed E-state index contributed by atoms with van der Waals surface area (Å²) in [7, 11) is 0. The number of amides is 1. The molecule has 0 saturated heterocycles. The molecule has 2 rings (SSSR count). The summed E-state index contributed by atoms with van der Waals surface area (Å²) >= 11 is 0. The van der Waals surface area contributed by atoms with Gasteiger partial charge in [0.25, 0.3) is 5.91 Å². The predicted molar refractivity (Wildman–Crippen MR) is 97.8 cm³/mol. The summed E-state index contributed by atoms with van der Waals surface area (Å²) in [5, 5.41) is 6.23. The molecule has 1 aromatic heterocycles. The van der Waals surface area contributed by atoms with Crippen LogP contribution in [0.25, 0.3) is 0 Å². The van der Waals surface area contributed by atoms with Gasteiger partial charge in [-0.05, 0) is 30.4 Å². The molecule has 1 heterocycles. The average Bonchev–Trinajstić information content (AvgIpc) is 2.57. The number of carbonyl (C=O) groups is 1. The zero-order valence-corrected chi connectivity index (χ0v) is 14.9. The SMILES string of the molecule is CCCCNC(=O)c1cc(Nc2c(C)cccc2C(C)C)ncn1. The van der Waals surface area contributed by atoms with Crippen LogP contribution in [0.1, 0.15) is 61.1 Å². The van der Waals surface area contributed by atoms with Gasteiger partial charge in [0.1, 0.15) is 17.8 Å². The van der Waals surface area contributed by atoms with Crippen LogP contribution in [0.4, 0.5) is 11.5 Å². The van der Waals surface area contributed by atoms with Gasteiger partial charge in [0.15, 0.2) is 0 Å². The minimum Gasteiger partial charge on any atom is -0.351 e. The van der Waals surface area contributed by atoms with Gasteiger partial charge in [-0.15, -0.1) is 0 Å². The van der Waals surface area contributed by atoms with Gasteiger partial charge < -0.3 is 10.6 Å². The molecule has 128 valence electrons. The van der Waals surface area contributed by atoms with Gasteiger partial charge in [-0.3, -0.25) is 4.79 Å². The van der Waals surface area contributed by atoms with E-state index in [-0.39, 0.29) is 5.91 Å². The zero-order chi connectivity index (χ0) is 17.5. The number of hydrogen-bond acceptors (Lipinski definition) is 4. The summed E-state index contributed by atoms with van der Waals surface area (Å²) < 4.78 is 0. The van der Waals surface area contributed by atoms with Crippen LogP contribution in [0.15, 0.2) is 30.6 Å². The van der Waals surface area contributed by atoms with Crippen molar-refractivity contribution < 1.29 is 4.79 Å². The molecular formula is C19H26N4O. The second-order valence-corrected chi connectivity index (χ2v) is 6.22. The molecule has 0 atom stereocenters. The summed E-state index contributed by atoms with van der Waals surface area (Å²) in [5.41, 5.74) is 3.79. The van der Waals surface area contributed by atoms with Crippen molar-refractivity contribution in [3.05, 3.63) is 47.4 Å².